The van der Waals surface area contributed by atoms with Crippen molar-refractivity contribution in [3.8, 4) is 6.07 Å². The molecule has 1 fully saturated rings. The third-order valence-corrected chi connectivity index (χ3v) is 3.24. The highest BCUT2D eigenvalue weighted by molar-refractivity contribution is 5.80. The number of nitriles is 1. The quantitative estimate of drug-likeness (QED) is 0.763. The van der Waals surface area contributed by atoms with Crippen LogP contribution in [0.25, 0.3) is 0 Å². The van der Waals surface area contributed by atoms with Crippen molar-refractivity contribution in [3.05, 3.63) is 0 Å². The molecule has 16 heavy (non-hydrogen) atoms. The van der Waals surface area contributed by atoms with Crippen molar-refractivity contribution in [1.82, 2.24) is 4.90 Å². The second-order valence-electron chi connectivity index (χ2n) is 5.20. The molecule has 0 saturated carbocycles. The number of nitrogens with zero attached hydrogens (tertiary/aromatic N) is 2. The van der Waals surface area contributed by atoms with Crippen LogP contribution in [0.5, 0.6) is 0 Å². The van der Waals surface area contributed by atoms with Gasteiger partial charge in [0.25, 0.3) is 0 Å². The Labute approximate surface area is 97.4 Å². The summed E-state index contributed by atoms with van der Waals surface area (Å²) in [5.74, 6) is -0.211. The van der Waals surface area contributed by atoms with Crippen LogP contribution in [0.2, 0.25) is 0 Å². The molecule has 0 aromatic rings. The number of likely N-dealkylation sites (tertiary alicyclic amines) is 1. The van der Waals surface area contributed by atoms with Crippen molar-refractivity contribution in [1.29, 1.82) is 5.26 Å². The zero-order valence-electron chi connectivity index (χ0n) is 10.2. The van der Waals surface area contributed by atoms with Gasteiger partial charge in [0.2, 0.25) is 5.91 Å². The molecule has 2 N–H and O–H groups in total. The smallest absolute Gasteiger partial charge is 0.234 e. The van der Waals surface area contributed by atoms with Crippen molar-refractivity contribution in [2.24, 2.45) is 11.1 Å². The van der Waals surface area contributed by atoms with Gasteiger partial charge in [0, 0.05) is 0 Å². The molecule has 1 saturated heterocycles. The van der Waals surface area contributed by atoms with Crippen LogP contribution in [-0.2, 0) is 4.79 Å². The highest BCUT2D eigenvalue weighted by Crippen LogP contribution is 2.23. The highest BCUT2D eigenvalue weighted by Gasteiger charge is 2.28. The predicted molar refractivity (Wildman–Crippen MR) is 62.4 cm³/mol. The van der Waals surface area contributed by atoms with E-state index in [1.807, 2.05) is 13.8 Å². The average molecular weight is 223 g/mol. The monoisotopic (exact) mass is 223 g/mol. The minimum atomic E-state index is -0.262. The molecule has 0 aliphatic carbocycles. The molecule has 1 aliphatic rings. The van der Waals surface area contributed by atoms with Gasteiger partial charge in [-0.3, -0.25) is 9.69 Å². The Morgan fingerprint density at radius 2 is 2.31 bits per heavy atom. The van der Waals surface area contributed by atoms with E-state index in [0.29, 0.717) is 0 Å². The Morgan fingerprint density at radius 3 is 2.88 bits per heavy atom. The summed E-state index contributed by atoms with van der Waals surface area (Å²) in [7, 11) is 0. The number of nitrogens with two attached hydrogens (primary N) is 1. The molecule has 0 bridgehead atoms. The van der Waals surface area contributed by atoms with Gasteiger partial charge in [-0.15, -0.1) is 0 Å². The van der Waals surface area contributed by atoms with Gasteiger partial charge in [0.05, 0.1) is 17.5 Å². The number of hydrogen-bond acceptors (Lipinski definition) is 3. The maximum absolute atomic E-state index is 11.2. The lowest BCUT2D eigenvalue weighted by atomic mass is 9.90. The van der Waals surface area contributed by atoms with E-state index >= 15 is 0 Å². The molecule has 1 unspecified atom stereocenters. The van der Waals surface area contributed by atoms with Crippen LogP contribution in [0.1, 0.15) is 39.5 Å². The minimum Gasteiger partial charge on any atom is -0.368 e. The third kappa shape index (κ3) is 3.49. The number of primary amides is 1. The number of amides is 1. The topological polar surface area (TPSA) is 70.1 Å². The molecule has 1 rings (SSSR count). The maximum Gasteiger partial charge on any atom is 0.234 e. The van der Waals surface area contributed by atoms with Crippen LogP contribution in [0, 0.1) is 16.7 Å². The maximum atomic E-state index is 11.2. The lowest BCUT2D eigenvalue weighted by molar-refractivity contribution is -0.122. The van der Waals surface area contributed by atoms with E-state index in [-0.39, 0.29) is 17.4 Å². The van der Waals surface area contributed by atoms with Gasteiger partial charge >= 0.3 is 0 Å². The van der Waals surface area contributed by atoms with E-state index in [2.05, 4.69) is 11.0 Å². The van der Waals surface area contributed by atoms with Gasteiger partial charge in [-0.2, -0.15) is 5.26 Å². The Hall–Kier alpha value is -1.08. The van der Waals surface area contributed by atoms with Crippen LogP contribution in [0.3, 0.4) is 0 Å². The summed E-state index contributed by atoms with van der Waals surface area (Å²) in [5, 5.41) is 8.89. The van der Waals surface area contributed by atoms with Crippen LogP contribution < -0.4 is 5.73 Å². The van der Waals surface area contributed by atoms with Gasteiger partial charge < -0.3 is 5.73 Å². The molecule has 1 heterocycles. The number of rotatable bonds is 5. The lowest BCUT2D eigenvalue weighted by Crippen LogP contribution is -2.40. The molecule has 90 valence electrons. The van der Waals surface area contributed by atoms with Gasteiger partial charge in [0.15, 0.2) is 0 Å². The van der Waals surface area contributed by atoms with Crippen molar-refractivity contribution < 1.29 is 4.79 Å². The van der Waals surface area contributed by atoms with Crippen LogP contribution in [-0.4, -0.2) is 29.9 Å². The summed E-state index contributed by atoms with van der Waals surface area (Å²) < 4.78 is 0. The molecule has 0 aromatic carbocycles. The normalized spacial score (nSPS) is 21.9. The summed E-state index contributed by atoms with van der Waals surface area (Å²) in [6, 6.07) is 2.21. The van der Waals surface area contributed by atoms with Crippen molar-refractivity contribution in [3.63, 3.8) is 0 Å². The summed E-state index contributed by atoms with van der Waals surface area (Å²) in [5.41, 5.74) is 5.08. The van der Waals surface area contributed by atoms with E-state index in [9.17, 15) is 4.79 Å². The largest absolute Gasteiger partial charge is 0.368 e. The molecule has 4 nitrogen and oxygen atoms in total. The van der Waals surface area contributed by atoms with Crippen molar-refractivity contribution in [2.45, 2.75) is 45.6 Å². The zero-order valence-corrected chi connectivity index (χ0v) is 10.2. The predicted octanol–water partition coefficient (Wildman–Crippen LogP) is 1.27. The standard InChI is InChI=1S/C12H21N3O/c1-12(2,9-13)6-4-8-15-7-3-5-10(15)11(14)16/h10H,3-8H2,1-2H3,(H2,14,16). The van der Waals surface area contributed by atoms with Crippen LogP contribution in [0.15, 0.2) is 0 Å². The van der Waals surface area contributed by atoms with Crippen molar-refractivity contribution in [2.75, 3.05) is 13.1 Å². The number of hydrogen-bond donors (Lipinski definition) is 1. The molecular formula is C12H21N3O. The first-order valence-electron chi connectivity index (χ1n) is 5.91. The molecule has 0 spiro atoms. The Bertz CT molecular complexity index is 293. The molecule has 0 aromatic heterocycles. The van der Waals surface area contributed by atoms with Gasteiger partial charge in [-0.05, 0) is 52.6 Å². The number of carbonyl (C=O) groups is 1. The highest BCUT2D eigenvalue weighted by atomic mass is 16.1. The minimum absolute atomic E-state index is 0.0785. The second-order valence-corrected chi connectivity index (χ2v) is 5.20. The van der Waals surface area contributed by atoms with Crippen molar-refractivity contribution >= 4 is 5.91 Å². The van der Waals surface area contributed by atoms with E-state index in [4.69, 9.17) is 11.0 Å². The second kappa shape index (κ2) is 5.31. The first-order valence-corrected chi connectivity index (χ1v) is 5.91. The first kappa shape index (κ1) is 13.0. The Morgan fingerprint density at radius 1 is 1.62 bits per heavy atom. The Kier molecular flexibility index (Phi) is 4.31. The van der Waals surface area contributed by atoms with Gasteiger partial charge in [-0.1, -0.05) is 0 Å². The molecule has 1 amide bonds. The van der Waals surface area contributed by atoms with E-state index in [1.165, 1.54) is 0 Å². The molecule has 1 atom stereocenters. The summed E-state index contributed by atoms with van der Waals surface area (Å²) in [6.45, 7) is 5.73. The van der Waals surface area contributed by atoms with Gasteiger partial charge in [-0.25, -0.2) is 0 Å². The summed E-state index contributed by atoms with van der Waals surface area (Å²) in [6.07, 6.45) is 3.75. The lowest BCUT2D eigenvalue weighted by Gasteiger charge is -2.23. The van der Waals surface area contributed by atoms with Crippen LogP contribution in [0.4, 0.5) is 0 Å². The molecule has 1 aliphatic heterocycles. The van der Waals surface area contributed by atoms with E-state index in [0.717, 1.165) is 38.8 Å². The SMILES string of the molecule is CC(C)(C#N)CCCN1CCCC1C(N)=O. The molecule has 4 heteroatoms. The third-order valence-electron chi connectivity index (χ3n) is 3.24. The van der Waals surface area contributed by atoms with E-state index < -0.39 is 0 Å². The number of carbonyl (C=O) groups excluding carboxylic acids is 1. The zero-order chi connectivity index (χ0) is 12.2. The fourth-order valence-corrected chi connectivity index (χ4v) is 2.20. The summed E-state index contributed by atoms with van der Waals surface area (Å²) in [4.78, 5) is 13.3. The van der Waals surface area contributed by atoms with Crippen LogP contribution >= 0.6 is 0 Å². The van der Waals surface area contributed by atoms with E-state index in [1.54, 1.807) is 0 Å². The average Bonchev–Trinajstić information content (AvgIpc) is 2.66. The fraction of sp³-hybridized carbons (Fsp3) is 0.833. The molecule has 0 radical (unpaired) electrons. The Balaban J connectivity index is 2.33. The molecular weight excluding hydrogens is 202 g/mol. The van der Waals surface area contributed by atoms with Gasteiger partial charge in [0.1, 0.15) is 0 Å². The fourth-order valence-electron chi connectivity index (χ4n) is 2.20. The summed E-state index contributed by atoms with van der Waals surface area (Å²) >= 11 is 0. The first-order chi connectivity index (χ1) is 7.46.